The van der Waals surface area contributed by atoms with E-state index in [4.69, 9.17) is 9.47 Å². The highest BCUT2D eigenvalue weighted by molar-refractivity contribution is 7.91. The number of rotatable bonds is 9. The van der Waals surface area contributed by atoms with Gasteiger partial charge < -0.3 is 19.7 Å². The summed E-state index contributed by atoms with van der Waals surface area (Å²) in [6.07, 6.45) is 10.2. The Hall–Kier alpha value is -1.93. The molecule has 0 aliphatic heterocycles. The van der Waals surface area contributed by atoms with Crippen LogP contribution < -0.4 is 4.74 Å². The van der Waals surface area contributed by atoms with E-state index in [1.807, 2.05) is 0 Å². The van der Waals surface area contributed by atoms with E-state index in [0.717, 1.165) is 36.8 Å². The van der Waals surface area contributed by atoms with Crippen molar-refractivity contribution in [3.63, 3.8) is 0 Å². The topological polar surface area (TPSA) is 93.1 Å². The number of allylic oxidation sites excluding steroid dienone is 3. The van der Waals surface area contributed by atoms with Gasteiger partial charge in [-0.25, -0.2) is 8.42 Å². The number of aliphatic hydroxyl groups excluding tert-OH is 2. The van der Waals surface area contributed by atoms with Gasteiger partial charge in [0.05, 0.1) is 36.1 Å². The minimum Gasteiger partial charge on any atom is -0.497 e. The summed E-state index contributed by atoms with van der Waals surface area (Å²) in [5.74, 6) is 1.62. The quantitative estimate of drug-likeness (QED) is 0.404. The average Bonchev–Trinajstić information content (AvgIpc) is 3.25. The van der Waals surface area contributed by atoms with Crippen LogP contribution in [0.2, 0.25) is 0 Å². The highest BCUT2D eigenvalue weighted by atomic mass is 32.2. The molecule has 0 aromatic heterocycles. The minimum absolute atomic E-state index is 0.0623. The number of aliphatic hydroxyl groups is 2. The summed E-state index contributed by atoms with van der Waals surface area (Å²) in [5, 5.41) is 20.3. The van der Waals surface area contributed by atoms with Gasteiger partial charge in [0.2, 0.25) is 0 Å². The molecule has 2 N–H and O–H groups in total. The molecule has 3 saturated carbocycles. The predicted octanol–water partition coefficient (Wildman–Crippen LogP) is 5.41. The standard InChI is InChI=1S/C31H44O6S/c1-21-24(19-25(32)20-30(21)33)9-8-23-7-5-16-31(3)28(14-15-29(23)31)22(2)37-17-6-18-38(34,35)27-12-10-26(36-4)11-13-27/h8-13,22,25,28-30,32-33H,1,5-7,14-20H2,2-4H3/t22-,25?,28?,29?,30?,31-/m1/s1. The SMILES string of the molecule is C=C1C(=CC=C2CCC[C@@]3(C)C2CCC3[C@@H](C)OCCCS(=O)(=O)c2ccc(OC)cc2)CC(O)CC1O. The van der Waals surface area contributed by atoms with Gasteiger partial charge >= 0.3 is 0 Å². The van der Waals surface area contributed by atoms with Gasteiger partial charge in [-0.15, -0.1) is 0 Å². The Morgan fingerprint density at radius 2 is 1.92 bits per heavy atom. The molecule has 0 spiro atoms. The van der Waals surface area contributed by atoms with Crippen LogP contribution in [0.25, 0.3) is 0 Å². The Balaban J connectivity index is 1.34. The molecule has 0 saturated heterocycles. The van der Waals surface area contributed by atoms with E-state index in [-0.39, 0.29) is 17.3 Å². The van der Waals surface area contributed by atoms with Crippen LogP contribution in [-0.2, 0) is 14.6 Å². The molecule has 210 valence electrons. The van der Waals surface area contributed by atoms with E-state index in [9.17, 15) is 18.6 Å². The monoisotopic (exact) mass is 544 g/mol. The van der Waals surface area contributed by atoms with E-state index >= 15 is 0 Å². The summed E-state index contributed by atoms with van der Waals surface area (Å²) in [4.78, 5) is 0.315. The summed E-state index contributed by atoms with van der Waals surface area (Å²) < 4.78 is 36.8. The molecule has 0 amide bonds. The number of hydrogen-bond donors (Lipinski definition) is 2. The molecule has 0 bridgehead atoms. The Kier molecular flexibility index (Phi) is 9.23. The Morgan fingerprint density at radius 3 is 2.63 bits per heavy atom. The van der Waals surface area contributed by atoms with Crippen molar-refractivity contribution in [1.29, 1.82) is 0 Å². The van der Waals surface area contributed by atoms with Gasteiger partial charge in [-0.05, 0) is 105 Å². The van der Waals surface area contributed by atoms with E-state index in [0.29, 0.717) is 48.4 Å². The lowest BCUT2D eigenvalue weighted by atomic mass is 9.62. The number of methoxy groups -OCH3 is 1. The van der Waals surface area contributed by atoms with Crippen molar-refractivity contribution >= 4 is 9.84 Å². The summed E-state index contributed by atoms with van der Waals surface area (Å²) in [6, 6.07) is 6.53. The third kappa shape index (κ3) is 6.27. The number of ether oxygens (including phenoxy) is 2. The molecule has 3 aliphatic rings. The van der Waals surface area contributed by atoms with Gasteiger partial charge in [0.25, 0.3) is 0 Å². The fraction of sp³-hybridized carbons (Fsp3) is 0.613. The van der Waals surface area contributed by atoms with Crippen LogP contribution in [0.3, 0.4) is 0 Å². The van der Waals surface area contributed by atoms with Crippen LogP contribution >= 0.6 is 0 Å². The lowest BCUT2D eigenvalue weighted by molar-refractivity contribution is -0.0244. The second-order valence-electron chi connectivity index (χ2n) is 11.6. The molecule has 38 heavy (non-hydrogen) atoms. The number of fused-ring (bicyclic) bond motifs is 1. The zero-order valence-electron chi connectivity index (χ0n) is 23.1. The highest BCUT2D eigenvalue weighted by Gasteiger charge is 2.51. The lowest BCUT2D eigenvalue weighted by Crippen LogP contribution is -2.38. The van der Waals surface area contributed by atoms with Gasteiger partial charge in [0.1, 0.15) is 5.75 Å². The Bertz CT molecular complexity index is 1150. The Labute approximate surface area is 228 Å². The molecule has 3 aliphatic carbocycles. The third-order valence-electron chi connectivity index (χ3n) is 9.23. The number of sulfone groups is 1. The molecule has 1 aromatic rings. The van der Waals surface area contributed by atoms with Crippen LogP contribution in [-0.4, -0.2) is 56.4 Å². The molecule has 4 rings (SSSR count). The molecule has 1 aromatic carbocycles. The summed E-state index contributed by atoms with van der Waals surface area (Å²) in [7, 11) is -1.79. The second kappa shape index (κ2) is 12.1. The average molecular weight is 545 g/mol. The van der Waals surface area contributed by atoms with Crippen LogP contribution in [0.15, 0.2) is 64.6 Å². The largest absolute Gasteiger partial charge is 0.497 e. The fourth-order valence-corrected chi connectivity index (χ4v) is 8.34. The molecular formula is C31H44O6S. The first-order valence-electron chi connectivity index (χ1n) is 14.0. The van der Waals surface area contributed by atoms with Crippen molar-refractivity contribution in [2.45, 2.75) is 88.4 Å². The maximum absolute atomic E-state index is 12.7. The minimum atomic E-state index is -3.35. The second-order valence-corrected chi connectivity index (χ2v) is 13.7. The summed E-state index contributed by atoms with van der Waals surface area (Å²) >= 11 is 0. The van der Waals surface area contributed by atoms with E-state index < -0.39 is 22.0 Å². The van der Waals surface area contributed by atoms with Crippen molar-refractivity contribution in [2.24, 2.45) is 17.3 Å². The summed E-state index contributed by atoms with van der Waals surface area (Å²) in [5.41, 5.74) is 3.28. The van der Waals surface area contributed by atoms with Gasteiger partial charge in [-0.2, -0.15) is 0 Å². The van der Waals surface area contributed by atoms with Crippen molar-refractivity contribution < 1.29 is 28.1 Å². The van der Waals surface area contributed by atoms with Gasteiger partial charge in [-0.1, -0.05) is 31.2 Å². The first-order valence-corrected chi connectivity index (χ1v) is 15.6. The van der Waals surface area contributed by atoms with E-state index in [2.05, 4.69) is 32.6 Å². The predicted molar refractivity (Wildman–Crippen MR) is 150 cm³/mol. The molecule has 6 atom stereocenters. The van der Waals surface area contributed by atoms with Crippen molar-refractivity contribution in [3.05, 3.63) is 59.7 Å². The lowest BCUT2D eigenvalue weighted by Gasteiger charge is -2.44. The fourth-order valence-electron chi connectivity index (χ4n) is 7.05. The molecule has 6 nitrogen and oxygen atoms in total. The molecule has 0 heterocycles. The van der Waals surface area contributed by atoms with Crippen LogP contribution in [0.1, 0.15) is 65.2 Å². The van der Waals surface area contributed by atoms with E-state index in [1.54, 1.807) is 31.4 Å². The molecule has 0 radical (unpaired) electrons. The first-order chi connectivity index (χ1) is 18.0. The highest BCUT2D eigenvalue weighted by Crippen LogP contribution is 2.58. The maximum Gasteiger partial charge on any atom is 0.178 e. The van der Waals surface area contributed by atoms with Crippen molar-refractivity contribution in [2.75, 3.05) is 19.5 Å². The molecular weight excluding hydrogens is 500 g/mol. The molecule has 7 heteroatoms. The zero-order chi connectivity index (χ0) is 27.5. The Morgan fingerprint density at radius 1 is 1.18 bits per heavy atom. The van der Waals surface area contributed by atoms with Crippen molar-refractivity contribution in [3.8, 4) is 5.75 Å². The first kappa shape index (κ1) is 29.1. The van der Waals surface area contributed by atoms with E-state index in [1.165, 1.54) is 12.0 Å². The van der Waals surface area contributed by atoms with Gasteiger partial charge in [0, 0.05) is 13.0 Å². The van der Waals surface area contributed by atoms with Crippen LogP contribution in [0.4, 0.5) is 0 Å². The van der Waals surface area contributed by atoms with Crippen LogP contribution in [0, 0.1) is 17.3 Å². The van der Waals surface area contributed by atoms with Crippen LogP contribution in [0.5, 0.6) is 5.75 Å². The molecule has 3 fully saturated rings. The van der Waals surface area contributed by atoms with Gasteiger partial charge in [0.15, 0.2) is 9.84 Å². The molecule has 4 unspecified atom stereocenters. The van der Waals surface area contributed by atoms with Crippen molar-refractivity contribution in [1.82, 2.24) is 0 Å². The van der Waals surface area contributed by atoms with Gasteiger partial charge in [-0.3, -0.25) is 0 Å². The zero-order valence-corrected chi connectivity index (χ0v) is 23.9. The number of hydrogen-bond acceptors (Lipinski definition) is 6. The number of benzene rings is 1. The normalized spacial score (nSPS) is 32.9. The third-order valence-corrected chi connectivity index (χ3v) is 11.0. The smallest absolute Gasteiger partial charge is 0.178 e. The maximum atomic E-state index is 12.7. The summed E-state index contributed by atoms with van der Waals surface area (Å²) in [6.45, 7) is 9.02.